The maximum atomic E-state index is 13.1. The molecule has 0 radical (unpaired) electrons. The molecule has 0 saturated carbocycles. The van der Waals surface area contributed by atoms with E-state index in [9.17, 15) is 27.9 Å². The van der Waals surface area contributed by atoms with E-state index >= 15 is 0 Å². The van der Waals surface area contributed by atoms with Crippen molar-refractivity contribution in [1.82, 2.24) is 4.31 Å². The number of amides is 2. The Morgan fingerprint density at radius 2 is 1.66 bits per heavy atom. The Kier molecular flexibility index (Phi) is 7.14. The second kappa shape index (κ2) is 9.27. The van der Waals surface area contributed by atoms with Crippen molar-refractivity contribution < 1.29 is 37.8 Å². The summed E-state index contributed by atoms with van der Waals surface area (Å²) in [5, 5.41) is 21.0. The molecule has 0 saturated heterocycles. The van der Waals surface area contributed by atoms with Crippen molar-refractivity contribution in [1.29, 1.82) is 0 Å². The molecule has 0 bridgehead atoms. The second-order valence-corrected chi connectivity index (χ2v) is 9.75. The van der Waals surface area contributed by atoms with Crippen molar-refractivity contribution in [2.45, 2.75) is 38.2 Å². The second-order valence-electron chi connectivity index (χ2n) is 7.89. The van der Waals surface area contributed by atoms with Crippen LogP contribution >= 0.6 is 0 Å². The predicted octanol–water partition coefficient (Wildman–Crippen LogP) is 2.96. The van der Waals surface area contributed by atoms with Gasteiger partial charge in [0.25, 0.3) is 10.0 Å². The smallest absolute Gasteiger partial charge is 0.424 e. The number of anilines is 1. The van der Waals surface area contributed by atoms with E-state index in [4.69, 9.17) is 9.84 Å². The Balaban J connectivity index is 2.33. The summed E-state index contributed by atoms with van der Waals surface area (Å²) in [5.41, 5.74) is -0.586. The number of ether oxygens (including phenoxy) is 1. The van der Waals surface area contributed by atoms with Crippen LogP contribution in [0.1, 0.15) is 36.7 Å². The molecule has 0 spiro atoms. The first-order valence-corrected chi connectivity index (χ1v) is 10.8. The zero-order valence-electron chi connectivity index (χ0n) is 17.9. The minimum Gasteiger partial charge on any atom is -0.507 e. The van der Waals surface area contributed by atoms with E-state index in [2.05, 4.69) is 5.32 Å². The summed E-state index contributed by atoms with van der Waals surface area (Å²) in [7, 11) is -4.43. The molecule has 0 aliphatic heterocycles. The standard InChI is InChI=1S/C21H24N2O8S/c1-13-5-8-15(9-6-13)32(29,30)23(20(28)31-21(2,3)4)12-18(25)22-14-7-10-16(19(26)27)17(24)11-14/h5-11,24H,12H2,1-4H3,(H,22,25)(H,26,27). The number of nitrogens with zero attached hydrogens (tertiary/aromatic N) is 1. The fourth-order valence-corrected chi connectivity index (χ4v) is 3.77. The molecule has 0 unspecified atom stereocenters. The van der Waals surface area contributed by atoms with E-state index in [-0.39, 0.29) is 16.1 Å². The van der Waals surface area contributed by atoms with Crippen molar-refractivity contribution in [3.05, 3.63) is 53.6 Å². The van der Waals surface area contributed by atoms with E-state index in [1.54, 1.807) is 39.8 Å². The minimum atomic E-state index is -4.43. The summed E-state index contributed by atoms with van der Waals surface area (Å²) in [6.45, 7) is 5.50. The van der Waals surface area contributed by atoms with Gasteiger partial charge in [-0.25, -0.2) is 18.0 Å². The van der Waals surface area contributed by atoms with E-state index in [1.807, 2.05) is 0 Å². The van der Waals surface area contributed by atoms with Gasteiger partial charge in [0.15, 0.2) is 0 Å². The maximum absolute atomic E-state index is 13.1. The summed E-state index contributed by atoms with van der Waals surface area (Å²) >= 11 is 0. The monoisotopic (exact) mass is 464 g/mol. The highest BCUT2D eigenvalue weighted by Crippen LogP contribution is 2.23. The molecule has 10 nitrogen and oxygen atoms in total. The number of hydrogen-bond acceptors (Lipinski definition) is 7. The summed E-state index contributed by atoms with van der Waals surface area (Å²) in [5.74, 6) is -2.86. The average Bonchev–Trinajstić information content (AvgIpc) is 2.64. The Labute approximate surface area is 185 Å². The Hall–Kier alpha value is -3.60. The van der Waals surface area contributed by atoms with Crippen molar-refractivity contribution in [3.8, 4) is 5.75 Å². The number of sulfonamides is 1. The molecule has 0 heterocycles. The van der Waals surface area contributed by atoms with E-state index in [0.717, 1.165) is 17.7 Å². The molecule has 0 aliphatic rings. The number of hydrogen-bond donors (Lipinski definition) is 3. The molecule has 172 valence electrons. The molecule has 2 amide bonds. The van der Waals surface area contributed by atoms with Crippen LogP contribution in [0, 0.1) is 6.92 Å². The summed E-state index contributed by atoms with van der Waals surface area (Å²) in [4.78, 5) is 36.0. The summed E-state index contributed by atoms with van der Waals surface area (Å²) < 4.78 is 31.6. The number of carbonyl (C=O) groups is 3. The number of phenols is 1. The van der Waals surface area contributed by atoms with Gasteiger partial charge >= 0.3 is 12.1 Å². The van der Waals surface area contributed by atoms with Gasteiger partial charge in [0.05, 0.1) is 4.90 Å². The fourth-order valence-electron chi connectivity index (χ4n) is 2.52. The molecule has 3 N–H and O–H groups in total. The van der Waals surface area contributed by atoms with Crippen molar-refractivity contribution in [3.63, 3.8) is 0 Å². The zero-order valence-corrected chi connectivity index (χ0v) is 18.8. The van der Waals surface area contributed by atoms with Crippen molar-refractivity contribution >= 4 is 33.7 Å². The van der Waals surface area contributed by atoms with Crippen molar-refractivity contribution in [2.24, 2.45) is 0 Å². The number of carboxylic acid groups (broad SMARTS) is 1. The van der Waals surface area contributed by atoms with Crippen LogP contribution in [0.5, 0.6) is 5.75 Å². The van der Waals surface area contributed by atoms with E-state index in [0.29, 0.717) is 4.31 Å². The maximum Gasteiger partial charge on any atom is 0.424 e. The van der Waals surface area contributed by atoms with Crippen LogP contribution in [0.15, 0.2) is 47.4 Å². The quantitative estimate of drug-likeness (QED) is 0.590. The third-order valence-corrected chi connectivity index (χ3v) is 5.73. The highest BCUT2D eigenvalue weighted by Gasteiger charge is 2.34. The molecule has 0 atom stereocenters. The molecular weight excluding hydrogens is 440 g/mol. The lowest BCUT2D eigenvalue weighted by atomic mass is 10.2. The van der Waals surface area contributed by atoms with Gasteiger partial charge in [-0.15, -0.1) is 0 Å². The van der Waals surface area contributed by atoms with Gasteiger partial charge in [-0.3, -0.25) is 4.79 Å². The van der Waals surface area contributed by atoms with Crippen LogP contribution in [-0.4, -0.2) is 53.1 Å². The number of carboxylic acids is 1. The molecule has 32 heavy (non-hydrogen) atoms. The lowest BCUT2D eigenvalue weighted by molar-refractivity contribution is -0.116. The molecule has 2 aromatic carbocycles. The lowest BCUT2D eigenvalue weighted by Gasteiger charge is -2.26. The van der Waals surface area contributed by atoms with E-state index in [1.165, 1.54) is 18.2 Å². The molecule has 0 aliphatic carbocycles. The third-order valence-electron chi connectivity index (χ3n) is 4.01. The topological polar surface area (TPSA) is 150 Å². The molecule has 0 aromatic heterocycles. The number of aromatic hydroxyl groups is 1. The van der Waals surface area contributed by atoms with Gasteiger partial charge in [0, 0.05) is 11.8 Å². The van der Waals surface area contributed by atoms with Crippen LogP contribution in [0.4, 0.5) is 10.5 Å². The largest absolute Gasteiger partial charge is 0.507 e. The molecule has 0 fully saturated rings. The zero-order chi connectivity index (χ0) is 24.3. The fraction of sp³-hybridized carbons (Fsp3) is 0.286. The van der Waals surface area contributed by atoms with E-state index < -0.39 is 45.9 Å². The molecule has 2 aromatic rings. The Morgan fingerprint density at radius 3 is 2.16 bits per heavy atom. The van der Waals surface area contributed by atoms with Crippen LogP contribution in [-0.2, 0) is 19.6 Å². The number of aryl methyl sites for hydroxylation is 1. The van der Waals surface area contributed by atoms with Gasteiger partial charge in [-0.2, -0.15) is 4.31 Å². The Morgan fingerprint density at radius 1 is 1.06 bits per heavy atom. The summed E-state index contributed by atoms with van der Waals surface area (Å²) in [6.07, 6.45) is -1.24. The normalized spacial score (nSPS) is 11.5. The molecular formula is C21H24N2O8S. The van der Waals surface area contributed by atoms with Gasteiger partial charge in [0.2, 0.25) is 5.91 Å². The molecule has 2 rings (SSSR count). The number of aromatic carboxylic acids is 1. The number of benzene rings is 2. The van der Waals surface area contributed by atoms with Gasteiger partial charge in [-0.05, 0) is 52.0 Å². The first-order chi connectivity index (χ1) is 14.7. The lowest BCUT2D eigenvalue weighted by Crippen LogP contribution is -2.44. The third kappa shape index (κ3) is 6.20. The van der Waals surface area contributed by atoms with Gasteiger partial charge in [0.1, 0.15) is 23.5 Å². The Bertz CT molecular complexity index is 1140. The van der Waals surface area contributed by atoms with Crippen molar-refractivity contribution in [2.75, 3.05) is 11.9 Å². The number of nitrogens with one attached hydrogen (secondary N) is 1. The van der Waals surface area contributed by atoms with Crippen LogP contribution in [0.3, 0.4) is 0 Å². The van der Waals surface area contributed by atoms with Gasteiger partial charge < -0.3 is 20.3 Å². The van der Waals surface area contributed by atoms with Gasteiger partial charge in [-0.1, -0.05) is 17.7 Å². The van der Waals surface area contributed by atoms with Crippen LogP contribution in [0.25, 0.3) is 0 Å². The first-order valence-electron chi connectivity index (χ1n) is 9.39. The van der Waals surface area contributed by atoms with Crippen LogP contribution in [0.2, 0.25) is 0 Å². The summed E-state index contributed by atoms with van der Waals surface area (Å²) in [6, 6.07) is 8.99. The molecule has 11 heteroatoms. The average molecular weight is 464 g/mol. The van der Waals surface area contributed by atoms with Crippen LogP contribution < -0.4 is 5.32 Å². The highest BCUT2D eigenvalue weighted by atomic mass is 32.2. The first kappa shape index (κ1) is 24.7. The predicted molar refractivity (Wildman–Crippen MR) is 115 cm³/mol. The minimum absolute atomic E-state index is 0.00868. The SMILES string of the molecule is Cc1ccc(S(=O)(=O)N(CC(=O)Nc2ccc(C(=O)O)c(O)c2)C(=O)OC(C)(C)C)cc1. The number of carbonyl (C=O) groups excluding carboxylic acids is 2. The highest BCUT2D eigenvalue weighted by molar-refractivity contribution is 7.89. The number of rotatable bonds is 6.